The second-order valence-corrected chi connectivity index (χ2v) is 20.7. The zero-order valence-electron chi connectivity index (χ0n) is 31.1. The minimum absolute atomic E-state index is 0.0112. The number of aromatic carboxylic acids is 1. The third kappa shape index (κ3) is 5.75. The molecular formula is C41H60N2O6S. The van der Waals surface area contributed by atoms with Crippen LogP contribution >= 0.6 is 0 Å². The van der Waals surface area contributed by atoms with E-state index in [-0.39, 0.29) is 44.8 Å². The van der Waals surface area contributed by atoms with Crippen molar-refractivity contribution < 1.29 is 27.9 Å². The fraction of sp³-hybridized carbons (Fsp3) is 0.756. The Bertz CT molecular complexity index is 1620. The molecule has 276 valence electrons. The number of nitrogens with one attached hydrogen (secondary N) is 1. The van der Waals surface area contributed by atoms with E-state index in [1.165, 1.54) is 37.7 Å². The lowest BCUT2D eigenvalue weighted by Gasteiger charge is -2.72. The number of benzene rings is 1. The summed E-state index contributed by atoms with van der Waals surface area (Å²) in [4.78, 5) is 27.0. The molecule has 1 heterocycles. The van der Waals surface area contributed by atoms with E-state index in [1.807, 2.05) is 12.1 Å². The van der Waals surface area contributed by atoms with E-state index in [0.717, 1.165) is 44.2 Å². The quantitative estimate of drug-likeness (QED) is 0.278. The van der Waals surface area contributed by atoms with Gasteiger partial charge < -0.3 is 20.1 Å². The number of rotatable bonds is 7. The van der Waals surface area contributed by atoms with Gasteiger partial charge in [-0.1, -0.05) is 59.2 Å². The molecule has 5 fully saturated rings. The zero-order valence-corrected chi connectivity index (χ0v) is 31.9. The first-order chi connectivity index (χ1) is 23.5. The molecule has 1 aliphatic heterocycles. The first-order valence-electron chi connectivity index (χ1n) is 19.5. The van der Waals surface area contributed by atoms with Crippen molar-refractivity contribution in [3.63, 3.8) is 0 Å². The Balaban J connectivity index is 1.04. The molecule has 1 aromatic rings. The Morgan fingerprint density at radius 3 is 2.30 bits per heavy atom. The SMILES string of the molecule is CC1(C)C(c2ccc(C(=O)O)cc2)=CCC2(C)C1CCC1(C)C2CCC2C3CCCC3(NC(=O)OCCCN3CCS(=O)(=O)CC3)CC[C@]21C. The Kier molecular flexibility index (Phi) is 9.09. The predicted octanol–water partition coefficient (Wildman–Crippen LogP) is 7.83. The number of amides is 1. The van der Waals surface area contributed by atoms with Crippen LogP contribution in [0.5, 0.6) is 0 Å². The number of carbonyl (C=O) groups is 2. The molecule has 1 saturated heterocycles. The summed E-state index contributed by atoms with van der Waals surface area (Å²) < 4.78 is 29.3. The van der Waals surface area contributed by atoms with Crippen LogP contribution in [0.25, 0.3) is 5.57 Å². The number of fused-ring (bicyclic) bond motifs is 7. The third-order valence-electron chi connectivity index (χ3n) is 16.0. The smallest absolute Gasteiger partial charge is 0.407 e. The number of carboxylic acids is 1. The van der Waals surface area contributed by atoms with Crippen LogP contribution in [0.2, 0.25) is 0 Å². The Labute approximate surface area is 300 Å². The number of allylic oxidation sites excluding steroid dienone is 2. The molecule has 4 saturated carbocycles. The Morgan fingerprint density at radius 2 is 1.60 bits per heavy atom. The summed E-state index contributed by atoms with van der Waals surface area (Å²) in [6.45, 7) is 15.0. The second-order valence-electron chi connectivity index (χ2n) is 18.4. The summed E-state index contributed by atoms with van der Waals surface area (Å²) in [7, 11) is -2.89. The van der Waals surface area contributed by atoms with Crippen LogP contribution < -0.4 is 5.32 Å². The van der Waals surface area contributed by atoms with E-state index in [2.05, 4.69) is 50.9 Å². The number of sulfone groups is 1. The molecule has 50 heavy (non-hydrogen) atoms. The number of hydrogen-bond donors (Lipinski definition) is 2. The molecule has 0 bridgehead atoms. The highest BCUT2D eigenvalue weighted by Gasteiger charge is 2.69. The highest BCUT2D eigenvalue weighted by molar-refractivity contribution is 7.91. The van der Waals surface area contributed by atoms with Gasteiger partial charge in [0.15, 0.2) is 9.84 Å². The van der Waals surface area contributed by atoms with Gasteiger partial charge in [-0.05, 0) is 133 Å². The van der Waals surface area contributed by atoms with Crippen molar-refractivity contribution in [3.05, 3.63) is 41.5 Å². The fourth-order valence-corrected chi connectivity index (χ4v) is 14.6. The lowest BCUT2D eigenvalue weighted by atomic mass is 9.33. The summed E-state index contributed by atoms with van der Waals surface area (Å²) in [5, 5.41) is 12.9. The van der Waals surface area contributed by atoms with Crippen molar-refractivity contribution in [2.45, 2.75) is 111 Å². The first-order valence-corrected chi connectivity index (χ1v) is 21.3. The standard InChI is InChI=1S/C41H60N2O6S/c1-37(2)30(28-9-11-29(12-10-28)35(44)45)15-18-38(3)33(37)16-19-40(5)34(38)14-13-31-32-8-6-17-41(32,21-20-39(31,40)4)42-36(46)49-25-7-22-43-23-26-50(47,48)27-24-43/h9-12,15,31-34H,6-8,13-14,16-27H2,1-5H3,(H,42,46)(H,44,45)/t31?,32?,33?,34?,38?,39-,40?,41?/m1/s1. The predicted molar refractivity (Wildman–Crippen MR) is 197 cm³/mol. The van der Waals surface area contributed by atoms with Crippen molar-refractivity contribution in [3.8, 4) is 0 Å². The van der Waals surface area contributed by atoms with Crippen molar-refractivity contribution in [1.29, 1.82) is 0 Å². The Morgan fingerprint density at radius 1 is 0.880 bits per heavy atom. The molecule has 8 nitrogen and oxygen atoms in total. The minimum Gasteiger partial charge on any atom is -0.478 e. The number of hydrogen-bond acceptors (Lipinski definition) is 6. The van der Waals surface area contributed by atoms with Gasteiger partial charge in [0.1, 0.15) is 0 Å². The maximum absolute atomic E-state index is 13.3. The molecule has 8 atom stereocenters. The van der Waals surface area contributed by atoms with Crippen molar-refractivity contribution in [2.24, 2.45) is 45.3 Å². The van der Waals surface area contributed by atoms with Crippen LogP contribution in [0.4, 0.5) is 4.79 Å². The second kappa shape index (κ2) is 12.6. The minimum atomic E-state index is -2.89. The van der Waals surface area contributed by atoms with Crippen molar-refractivity contribution >= 4 is 27.5 Å². The molecule has 0 spiro atoms. The molecular weight excluding hydrogens is 649 g/mol. The third-order valence-corrected chi connectivity index (χ3v) is 17.6. The maximum atomic E-state index is 13.3. The van der Waals surface area contributed by atoms with Crippen LogP contribution in [0.15, 0.2) is 30.3 Å². The summed E-state index contributed by atoms with van der Waals surface area (Å²) in [6.07, 6.45) is 14.4. The fourth-order valence-electron chi connectivity index (χ4n) is 13.3. The number of carboxylic acid groups (broad SMARTS) is 1. The summed E-state index contributed by atoms with van der Waals surface area (Å²) in [6, 6.07) is 7.50. The van der Waals surface area contributed by atoms with E-state index >= 15 is 0 Å². The van der Waals surface area contributed by atoms with E-state index in [0.29, 0.717) is 55.4 Å². The van der Waals surface area contributed by atoms with Gasteiger partial charge >= 0.3 is 12.1 Å². The van der Waals surface area contributed by atoms with E-state index in [1.54, 1.807) is 12.1 Å². The average molecular weight is 709 g/mol. The van der Waals surface area contributed by atoms with E-state index in [9.17, 15) is 23.1 Å². The van der Waals surface area contributed by atoms with Gasteiger partial charge in [0, 0.05) is 25.2 Å². The van der Waals surface area contributed by atoms with Gasteiger partial charge in [0.2, 0.25) is 0 Å². The van der Waals surface area contributed by atoms with Gasteiger partial charge in [-0.25, -0.2) is 18.0 Å². The van der Waals surface area contributed by atoms with Gasteiger partial charge in [-0.15, -0.1) is 0 Å². The Hall–Kier alpha value is -2.39. The molecule has 7 unspecified atom stereocenters. The molecule has 7 rings (SSSR count). The van der Waals surface area contributed by atoms with E-state index in [4.69, 9.17) is 4.74 Å². The van der Waals surface area contributed by atoms with Gasteiger partial charge in [0.25, 0.3) is 0 Å². The van der Waals surface area contributed by atoms with E-state index < -0.39 is 15.8 Å². The summed E-state index contributed by atoms with van der Waals surface area (Å²) in [5.41, 5.74) is 3.32. The lowest BCUT2D eigenvalue weighted by molar-refractivity contribution is -0.216. The molecule has 2 N–H and O–H groups in total. The van der Waals surface area contributed by atoms with Gasteiger partial charge in [0.05, 0.1) is 23.7 Å². The first kappa shape index (κ1) is 36.0. The highest BCUT2D eigenvalue weighted by Crippen LogP contribution is 2.76. The average Bonchev–Trinajstić information content (AvgIpc) is 3.47. The highest BCUT2D eigenvalue weighted by atomic mass is 32.2. The normalized spacial score (nSPS) is 40.3. The maximum Gasteiger partial charge on any atom is 0.407 e. The van der Waals surface area contributed by atoms with Crippen LogP contribution in [0, 0.1) is 45.3 Å². The lowest BCUT2D eigenvalue weighted by Crippen LogP contribution is -2.67. The van der Waals surface area contributed by atoms with Crippen LogP contribution in [-0.2, 0) is 14.6 Å². The number of ether oxygens (including phenoxy) is 1. The number of alkyl carbamates (subject to hydrolysis) is 1. The summed E-state index contributed by atoms with van der Waals surface area (Å²) in [5.74, 6) is 1.82. The van der Waals surface area contributed by atoms with Crippen LogP contribution in [0.1, 0.15) is 121 Å². The van der Waals surface area contributed by atoms with Crippen LogP contribution in [-0.4, -0.2) is 73.8 Å². The zero-order chi connectivity index (χ0) is 35.7. The molecule has 0 aromatic heterocycles. The molecule has 0 radical (unpaired) electrons. The molecule has 5 aliphatic carbocycles. The van der Waals surface area contributed by atoms with Gasteiger partial charge in [-0.3, -0.25) is 0 Å². The number of nitrogens with zero attached hydrogens (tertiary/aromatic N) is 1. The molecule has 1 amide bonds. The molecule has 6 aliphatic rings. The monoisotopic (exact) mass is 708 g/mol. The molecule has 1 aromatic carbocycles. The van der Waals surface area contributed by atoms with Crippen molar-refractivity contribution in [1.82, 2.24) is 10.2 Å². The van der Waals surface area contributed by atoms with Crippen molar-refractivity contribution in [2.75, 3.05) is 37.7 Å². The van der Waals surface area contributed by atoms with Gasteiger partial charge in [-0.2, -0.15) is 0 Å². The molecule has 9 heteroatoms. The van der Waals surface area contributed by atoms with Crippen LogP contribution in [0.3, 0.4) is 0 Å². The summed E-state index contributed by atoms with van der Waals surface area (Å²) >= 11 is 0. The number of carbonyl (C=O) groups excluding carboxylic acids is 1. The largest absolute Gasteiger partial charge is 0.478 e. The topological polar surface area (TPSA) is 113 Å².